The molecule has 2 N–H and O–H groups in total. The van der Waals surface area contributed by atoms with Gasteiger partial charge in [0.25, 0.3) is 5.91 Å². The summed E-state index contributed by atoms with van der Waals surface area (Å²) in [6, 6.07) is 15.8. The molecule has 3 aromatic rings. The Morgan fingerprint density at radius 3 is 2.64 bits per heavy atom. The van der Waals surface area contributed by atoms with Crippen LogP contribution in [0.2, 0.25) is 0 Å². The first-order valence-corrected chi connectivity index (χ1v) is 8.83. The van der Waals surface area contributed by atoms with Crippen LogP contribution in [0.25, 0.3) is 22.4 Å². The van der Waals surface area contributed by atoms with Crippen molar-refractivity contribution in [1.82, 2.24) is 20.2 Å². The minimum Gasteiger partial charge on any atom is -0.338 e. The highest BCUT2D eigenvalue weighted by Crippen LogP contribution is 2.43. The second-order valence-electron chi connectivity index (χ2n) is 7.04. The van der Waals surface area contributed by atoms with Gasteiger partial charge in [0.15, 0.2) is 0 Å². The van der Waals surface area contributed by atoms with Crippen LogP contribution < -0.4 is 5.32 Å². The van der Waals surface area contributed by atoms with E-state index in [0.29, 0.717) is 0 Å². The second kappa shape index (κ2) is 5.43. The molecule has 5 heteroatoms. The highest BCUT2D eigenvalue weighted by atomic mass is 16.2. The first-order chi connectivity index (χ1) is 12.3. The fourth-order valence-electron chi connectivity index (χ4n) is 3.77. The summed E-state index contributed by atoms with van der Waals surface area (Å²) in [5, 5.41) is 3.41. The van der Waals surface area contributed by atoms with Gasteiger partial charge < -0.3 is 15.2 Å². The Bertz CT molecular complexity index is 907. The number of fused-ring (bicyclic) bond motifs is 1. The highest BCUT2D eigenvalue weighted by Gasteiger charge is 2.51. The summed E-state index contributed by atoms with van der Waals surface area (Å²) in [4.78, 5) is 22.9. The number of aromatic amines is 1. The lowest BCUT2D eigenvalue weighted by atomic mass is 10.1. The van der Waals surface area contributed by atoms with Crippen molar-refractivity contribution in [3.63, 3.8) is 0 Å². The third-order valence-corrected chi connectivity index (χ3v) is 5.41. The van der Waals surface area contributed by atoms with E-state index in [9.17, 15) is 4.79 Å². The van der Waals surface area contributed by atoms with Crippen molar-refractivity contribution < 1.29 is 4.79 Å². The van der Waals surface area contributed by atoms with Crippen LogP contribution in [0, 0.1) is 0 Å². The van der Waals surface area contributed by atoms with E-state index in [4.69, 9.17) is 0 Å². The average Bonchev–Trinajstić information content (AvgIpc) is 3.28. The number of H-pyrrole nitrogens is 1. The standard InChI is InChI=1S/C20H20N4O/c25-19(24-12-11-21-13-20(24)9-10-20)15-7-5-14(6-8-15)18-22-16-3-1-2-4-17(16)23-18/h1-8,21H,9-13H2,(H,22,23). The highest BCUT2D eigenvalue weighted by molar-refractivity contribution is 5.95. The molecule has 1 saturated carbocycles. The number of rotatable bonds is 2. The molecule has 1 aliphatic carbocycles. The maximum atomic E-state index is 12.9. The van der Waals surface area contributed by atoms with Gasteiger partial charge in [-0.1, -0.05) is 24.3 Å². The van der Waals surface area contributed by atoms with Crippen molar-refractivity contribution in [2.45, 2.75) is 18.4 Å². The number of hydrogen-bond acceptors (Lipinski definition) is 3. The minimum absolute atomic E-state index is 0.0761. The predicted molar refractivity (Wildman–Crippen MR) is 97.4 cm³/mol. The Balaban J connectivity index is 1.42. The summed E-state index contributed by atoms with van der Waals surface area (Å²) in [5.41, 5.74) is 3.80. The molecule has 1 spiro atoms. The number of imidazole rings is 1. The monoisotopic (exact) mass is 332 g/mol. The molecule has 25 heavy (non-hydrogen) atoms. The first-order valence-electron chi connectivity index (χ1n) is 8.83. The van der Waals surface area contributed by atoms with Gasteiger partial charge in [-0.15, -0.1) is 0 Å². The Morgan fingerprint density at radius 2 is 1.88 bits per heavy atom. The van der Waals surface area contributed by atoms with Crippen LogP contribution in [0.5, 0.6) is 0 Å². The molecule has 0 unspecified atom stereocenters. The predicted octanol–water partition coefficient (Wildman–Crippen LogP) is 2.81. The number of benzene rings is 2. The SMILES string of the molecule is O=C(c1ccc(-c2nc3ccccc3[nH]2)cc1)N1CCNCC12CC2. The molecular formula is C20H20N4O. The van der Waals surface area contributed by atoms with E-state index in [2.05, 4.69) is 20.2 Å². The third-order valence-electron chi connectivity index (χ3n) is 5.41. The van der Waals surface area contributed by atoms with Crippen molar-refractivity contribution in [1.29, 1.82) is 0 Å². The molecule has 2 aromatic carbocycles. The van der Waals surface area contributed by atoms with Gasteiger partial charge in [-0.2, -0.15) is 0 Å². The van der Waals surface area contributed by atoms with Gasteiger partial charge in [0, 0.05) is 30.8 Å². The number of nitrogens with one attached hydrogen (secondary N) is 2. The van der Waals surface area contributed by atoms with Crippen LogP contribution >= 0.6 is 0 Å². The molecule has 2 fully saturated rings. The van der Waals surface area contributed by atoms with Crippen molar-refractivity contribution in [3.05, 3.63) is 54.1 Å². The van der Waals surface area contributed by atoms with Crippen molar-refractivity contribution in [2.75, 3.05) is 19.6 Å². The molecule has 126 valence electrons. The Labute approximate surface area is 146 Å². The van der Waals surface area contributed by atoms with Crippen LogP contribution in [-0.2, 0) is 0 Å². The van der Waals surface area contributed by atoms with E-state index in [0.717, 1.165) is 60.5 Å². The lowest BCUT2D eigenvalue weighted by Crippen LogP contribution is -2.55. The van der Waals surface area contributed by atoms with Crippen LogP contribution in [0.4, 0.5) is 0 Å². The molecule has 5 rings (SSSR count). The summed E-state index contributed by atoms with van der Waals surface area (Å²) in [6.07, 6.45) is 2.23. The number of nitrogens with zero attached hydrogens (tertiary/aromatic N) is 2. The molecule has 0 atom stereocenters. The largest absolute Gasteiger partial charge is 0.338 e. The lowest BCUT2D eigenvalue weighted by Gasteiger charge is -2.36. The van der Waals surface area contributed by atoms with Gasteiger partial charge >= 0.3 is 0 Å². The number of hydrogen-bond donors (Lipinski definition) is 2. The second-order valence-corrected chi connectivity index (χ2v) is 7.04. The van der Waals surface area contributed by atoms with Crippen LogP contribution in [0.3, 0.4) is 0 Å². The normalized spacial score (nSPS) is 18.6. The van der Waals surface area contributed by atoms with E-state index in [1.54, 1.807) is 0 Å². The topological polar surface area (TPSA) is 61.0 Å². The summed E-state index contributed by atoms with van der Waals surface area (Å²) in [5.74, 6) is 0.983. The van der Waals surface area contributed by atoms with Gasteiger partial charge in [0.05, 0.1) is 16.6 Å². The summed E-state index contributed by atoms with van der Waals surface area (Å²) < 4.78 is 0. The molecule has 0 bridgehead atoms. The number of carbonyl (C=O) groups is 1. The van der Waals surface area contributed by atoms with Crippen LogP contribution in [-0.4, -0.2) is 45.9 Å². The van der Waals surface area contributed by atoms with E-state index in [-0.39, 0.29) is 11.4 Å². The smallest absolute Gasteiger partial charge is 0.254 e. The number of amides is 1. The molecule has 2 heterocycles. The Kier molecular flexibility index (Phi) is 3.18. The van der Waals surface area contributed by atoms with Crippen LogP contribution in [0.1, 0.15) is 23.2 Å². The van der Waals surface area contributed by atoms with Gasteiger partial charge in [-0.3, -0.25) is 4.79 Å². The molecular weight excluding hydrogens is 312 g/mol. The number of aromatic nitrogens is 2. The van der Waals surface area contributed by atoms with Gasteiger partial charge in [0.1, 0.15) is 5.82 Å². The van der Waals surface area contributed by atoms with E-state index in [1.165, 1.54) is 0 Å². The summed E-state index contributed by atoms with van der Waals surface area (Å²) in [7, 11) is 0. The zero-order chi connectivity index (χ0) is 16.9. The van der Waals surface area contributed by atoms with Crippen molar-refractivity contribution in [3.8, 4) is 11.4 Å². The van der Waals surface area contributed by atoms with E-state index < -0.39 is 0 Å². The zero-order valence-electron chi connectivity index (χ0n) is 14.0. The molecule has 2 aliphatic rings. The fraction of sp³-hybridized carbons (Fsp3) is 0.300. The van der Waals surface area contributed by atoms with E-state index >= 15 is 0 Å². The molecule has 1 aliphatic heterocycles. The average molecular weight is 332 g/mol. The molecule has 5 nitrogen and oxygen atoms in total. The third kappa shape index (κ3) is 2.43. The lowest BCUT2D eigenvalue weighted by molar-refractivity contribution is 0.0600. The summed E-state index contributed by atoms with van der Waals surface area (Å²) in [6.45, 7) is 2.60. The minimum atomic E-state index is 0.0761. The van der Waals surface area contributed by atoms with Gasteiger partial charge in [-0.05, 0) is 37.1 Å². The molecule has 1 aromatic heterocycles. The molecule has 1 amide bonds. The van der Waals surface area contributed by atoms with Crippen molar-refractivity contribution in [2.24, 2.45) is 0 Å². The molecule has 1 saturated heterocycles. The fourth-order valence-corrected chi connectivity index (χ4v) is 3.77. The quantitative estimate of drug-likeness (QED) is 0.758. The van der Waals surface area contributed by atoms with Crippen LogP contribution in [0.15, 0.2) is 48.5 Å². The van der Waals surface area contributed by atoms with Gasteiger partial charge in [0.2, 0.25) is 0 Å². The molecule has 0 radical (unpaired) electrons. The summed E-state index contributed by atoms with van der Waals surface area (Å²) >= 11 is 0. The Hall–Kier alpha value is -2.66. The van der Waals surface area contributed by atoms with Gasteiger partial charge in [-0.25, -0.2) is 4.98 Å². The number of carbonyl (C=O) groups excluding carboxylic acids is 1. The van der Waals surface area contributed by atoms with E-state index in [1.807, 2.05) is 48.5 Å². The first kappa shape index (κ1) is 14.7. The maximum Gasteiger partial charge on any atom is 0.254 e. The zero-order valence-corrected chi connectivity index (χ0v) is 14.0. The maximum absolute atomic E-state index is 12.9. The Morgan fingerprint density at radius 1 is 1.08 bits per heavy atom. The number of para-hydroxylation sites is 2. The number of piperazine rings is 1. The van der Waals surface area contributed by atoms with Crippen molar-refractivity contribution >= 4 is 16.9 Å².